The molecule has 0 aliphatic carbocycles. The maximum Gasteiger partial charge on any atom is 0.142 e. The molecule has 0 N–H and O–H groups in total. The number of hydrogen-bond acceptors (Lipinski definition) is 2. The molecule has 1 aliphatic rings. The average molecular weight is 362 g/mol. The molecule has 1 rings (SSSR count). The number of terminal acetylenes is 2. The molecule has 0 amide bonds. The van der Waals surface area contributed by atoms with Crippen molar-refractivity contribution in [2.75, 3.05) is 20.1 Å². The molecule has 0 aromatic rings. The van der Waals surface area contributed by atoms with Crippen molar-refractivity contribution in [1.29, 1.82) is 0 Å². The number of rotatable bonds is 8. The first kappa shape index (κ1) is 22.5. The third kappa shape index (κ3) is 6.28. The zero-order valence-corrected chi connectivity index (χ0v) is 16.9. The number of piperidine rings is 1. The van der Waals surface area contributed by atoms with Crippen LogP contribution in [0.2, 0.25) is 0 Å². The van der Waals surface area contributed by atoms with E-state index in [-0.39, 0.29) is 17.6 Å². The summed E-state index contributed by atoms with van der Waals surface area (Å²) < 4.78 is 0. The Labute approximate surface area is 165 Å². The molecule has 2 atom stereocenters. The minimum absolute atomic E-state index is 0.0704. The Bertz CT molecular complexity index is 748. The molecule has 0 spiro atoms. The van der Waals surface area contributed by atoms with Crippen LogP contribution in [0.15, 0.2) is 59.8 Å². The van der Waals surface area contributed by atoms with Crippen molar-refractivity contribution in [2.45, 2.75) is 33.1 Å². The van der Waals surface area contributed by atoms with E-state index in [1.54, 1.807) is 6.08 Å². The summed E-state index contributed by atoms with van der Waals surface area (Å²) in [6.45, 7) is 13.2. The summed E-state index contributed by atoms with van der Waals surface area (Å²) in [5, 5.41) is 0. The van der Waals surface area contributed by atoms with Crippen molar-refractivity contribution < 1.29 is 4.79 Å². The zero-order chi connectivity index (χ0) is 20.4. The fourth-order valence-corrected chi connectivity index (χ4v) is 3.64. The van der Waals surface area contributed by atoms with Gasteiger partial charge in [-0.1, -0.05) is 56.2 Å². The van der Waals surface area contributed by atoms with Gasteiger partial charge in [0.1, 0.15) is 5.78 Å². The number of carbonyl (C=O) groups is 1. The van der Waals surface area contributed by atoms with E-state index in [4.69, 9.17) is 12.8 Å². The molecule has 0 radical (unpaired) electrons. The summed E-state index contributed by atoms with van der Waals surface area (Å²) >= 11 is 0. The number of likely N-dealkylation sites (tertiary alicyclic amines) is 1. The van der Waals surface area contributed by atoms with Gasteiger partial charge in [-0.25, -0.2) is 0 Å². The number of ketones is 1. The second kappa shape index (κ2) is 11.2. The van der Waals surface area contributed by atoms with Crippen LogP contribution in [0.5, 0.6) is 0 Å². The van der Waals surface area contributed by atoms with Crippen LogP contribution in [0.1, 0.15) is 33.1 Å². The van der Waals surface area contributed by atoms with E-state index >= 15 is 0 Å². The van der Waals surface area contributed by atoms with Crippen LogP contribution in [0.4, 0.5) is 0 Å². The molecule has 27 heavy (non-hydrogen) atoms. The highest BCUT2D eigenvalue weighted by Crippen LogP contribution is 2.30. The van der Waals surface area contributed by atoms with Crippen LogP contribution in [-0.4, -0.2) is 30.8 Å². The van der Waals surface area contributed by atoms with Crippen LogP contribution in [0, 0.1) is 36.5 Å². The lowest BCUT2D eigenvalue weighted by atomic mass is 9.79. The van der Waals surface area contributed by atoms with Crippen LogP contribution < -0.4 is 0 Å². The molecule has 0 aromatic heterocycles. The third-order valence-electron chi connectivity index (χ3n) is 4.97. The van der Waals surface area contributed by atoms with Gasteiger partial charge < -0.3 is 4.90 Å². The first-order valence-electron chi connectivity index (χ1n) is 9.42. The first-order chi connectivity index (χ1) is 12.9. The average Bonchev–Trinajstić information content (AvgIpc) is 2.65. The Hall–Kier alpha value is -2.55. The maximum absolute atomic E-state index is 13.2. The van der Waals surface area contributed by atoms with Gasteiger partial charge in [0.15, 0.2) is 0 Å². The molecule has 1 saturated heterocycles. The minimum atomic E-state index is -0.104. The standard InChI is InChI=1S/C25H31NO/c1-8-13-21(19(6)10-3)15-23-17-26(7)18-24(25(23)27)16-22(14-9-2)20(11-4)12-5/h3-4,8-9,13-14,23-24H,1,6,12,15-18H2,2,5,7H3/b14-9-,21-13-,22-20+. The zero-order valence-electron chi connectivity index (χ0n) is 16.9. The predicted molar refractivity (Wildman–Crippen MR) is 116 cm³/mol. The molecule has 0 bridgehead atoms. The molecule has 1 fully saturated rings. The summed E-state index contributed by atoms with van der Waals surface area (Å²) in [6.07, 6.45) is 20.8. The molecule has 2 heteroatoms. The number of Topliss-reactive ketones (excluding diaryl/α,β-unsaturated/α-hetero) is 1. The van der Waals surface area contributed by atoms with Crippen molar-refractivity contribution in [3.8, 4) is 24.7 Å². The van der Waals surface area contributed by atoms with Crippen LogP contribution in [0.25, 0.3) is 0 Å². The fourth-order valence-electron chi connectivity index (χ4n) is 3.64. The van der Waals surface area contributed by atoms with Gasteiger partial charge in [0.2, 0.25) is 0 Å². The van der Waals surface area contributed by atoms with E-state index in [0.29, 0.717) is 18.4 Å². The van der Waals surface area contributed by atoms with Gasteiger partial charge in [0, 0.05) is 36.1 Å². The molecular weight excluding hydrogens is 330 g/mol. The van der Waals surface area contributed by atoms with Crippen molar-refractivity contribution in [1.82, 2.24) is 4.90 Å². The van der Waals surface area contributed by atoms with Crippen molar-refractivity contribution in [2.24, 2.45) is 11.8 Å². The lowest BCUT2D eigenvalue weighted by molar-refractivity contribution is -0.130. The van der Waals surface area contributed by atoms with E-state index < -0.39 is 0 Å². The smallest absolute Gasteiger partial charge is 0.142 e. The number of hydrogen-bond donors (Lipinski definition) is 0. The van der Waals surface area contributed by atoms with Gasteiger partial charge in [-0.2, -0.15) is 0 Å². The number of allylic oxidation sites excluding steroid dienone is 8. The Morgan fingerprint density at radius 1 is 1.26 bits per heavy atom. The van der Waals surface area contributed by atoms with Crippen molar-refractivity contribution in [3.63, 3.8) is 0 Å². The van der Waals surface area contributed by atoms with E-state index in [0.717, 1.165) is 36.2 Å². The Morgan fingerprint density at radius 3 is 2.37 bits per heavy atom. The van der Waals surface area contributed by atoms with E-state index in [9.17, 15) is 4.79 Å². The summed E-state index contributed by atoms with van der Waals surface area (Å²) in [6, 6.07) is 0. The topological polar surface area (TPSA) is 20.3 Å². The molecule has 0 aromatic carbocycles. The fraction of sp³-hybridized carbons (Fsp3) is 0.400. The Morgan fingerprint density at radius 2 is 1.89 bits per heavy atom. The van der Waals surface area contributed by atoms with Gasteiger partial charge in [-0.15, -0.1) is 12.8 Å². The quantitative estimate of drug-likeness (QED) is 0.460. The van der Waals surface area contributed by atoms with Gasteiger partial charge in [0.05, 0.1) is 0 Å². The summed E-state index contributed by atoms with van der Waals surface area (Å²) in [7, 11) is 2.06. The summed E-state index contributed by atoms with van der Waals surface area (Å²) in [5.41, 5.74) is 3.58. The SMILES string of the molecule is C#CC(=C)/C(=C\C=C)CC1CN(C)CC(CC(/C=C\C)=C(\C#C)CC)C1=O. The number of nitrogens with zero attached hydrogens (tertiary/aromatic N) is 1. The number of carbonyl (C=O) groups excluding carboxylic acids is 1. The lowest BCUT2D eigenvalue weighted by Crippen LogP contribution is -2.45. The second-order valence-corrected chi connectivity index (χ2v) is 6.98. The van der Waals surface area contributed by atoms with E-state index in [1.165, 1.54) is 0 Å². The molecule has 2 nitrogen and oxygen atoms in total. The monoisotopic (exact) mass is 361 g/mol. The van der Waals surface area contributed by atoms with Crippen molar-refractivity contribution >= 4 is 5.78 Å². The highest BCUT2D eigenvalue weighted by atomic mass is 16.1. The Balaban J connectivity index is 3.10. The molecule has 2 unspecified atom stereocenters. The predicted octanol–water partition coefficient (Wildman–Crippen LogP) is 4.73. The van der Waals surface area contributed by atoms with Crippen LogP contribution >= 0.6 is 0 Å². The molecule has 1 heterocycles. The Kier molecular flexibility index (Phi) is 9.35. The third-order valence-corrected chi connectivity index (χ3v) is 4.97. The first-order valence-corrected chi connectivity index (χ1v) is 9.42. The van der Waals surface area contributed by atoms with Gasteiger partial charge in [-0.3, -0.25) is 4.79 Å². The summed E-state index contributed by atoms with van der Waals surface area (Å²) in [5.74, 6) is 5.47. The maximum atomic E-state index is 13.2. The van der Waals surface area contributed by atoms with Gasteiger partial charge >= 0.3 is 0 Å². The van der Waals surface area contributed by atoms with Gasteiger partial charge in [-0.05, 0) is 44.4 Å². The highest BCUT2D eigenvalue weighted by Gasteiger charge is 2.34. The van der Waals surface area contributed by atoms with Gasteiger partial charge in [0.25, 0.3) is 0 Å². The van der Waals surface area contributed by atoms with E-state index in [1.807, 2.05) is 32.1 Å². The highest BCUT2D eigenvalue weighted by molar-refractivity contribution is 5.85. The van der Waals surface area contributed by atoms with Crippen molar-refractivity contribution in [3.05, 3.63) is 59.8 Å². The largest absolute Gasteiger partial charge is 0.305 e. The molecule has 142 valence electrons. The second-order valence-electron chi connectivity index (χ2n) is 6.98. The van der Waals surface area contributed by atoms with E-state index in [2.05, 4.69) is 36.9 Å². The molecule has 1 aliphatic heterocycles. The summed E-state index contributed by atoms with van der Waals surface area (Å²) in [4.78, 5) is 15.4. The minimum Gasteiger partial charge on any atom is -0.305 e. The normalized spacial score (nSPS) is 22.1. The lowest BCUT2D eigenvalue weighted by Gasteiger charge is -2.35. The van der Waals surface area contributed by atoms with Crippen LogP contribution in [0.3, 0.4) is 0 Å². The molecular formula is C25H31NO. The molecule has 0 saturated carbocycles. The van der Waals surface area contributed by atoms with Crippen LogP contribution in [-0.2, 0) is 4.79 Å².